The SMILES string of the molecule is CC(C)(CN[C@@H]1CCN(c2cccc(Cl)c2)C1)S(C)(=O)=O. The summed E-state index contributed by atoms with van der Waals surface area (Å²) in [5.41, 5.74) is 1.12. The lowest BCUT2D eigenvalue weighted by molar-refractivity contribution is 0.481. The molecule has 0 spiro atoms. The van der Waals surface area contributed by atoms with Crippen LogP contribution in [0.3, 0.4) is 0 Å². The maximum absolute atomic E-state index is 11.7. The lowest BCUT2D eigenvalue weighted by atomic mass is 10.2. The van der Waals surface area contributed by atoms with Gasteiger partial charge in [-0.15, -0.1) is 0 Å². The molecule has 2 rings (SSSR count). The average molecular weight is 331 g/mol. The second-order valence-corrected chi connectivity index (χ2v) is 9.41. The van der Waals surface area contributed by atoms with Crippen LogP contribution in [0, 0.1) is 0 Å². The van der Waals surface area contributed by atoms with Gasteiger partial charge in [0, 0.05) is 42.6 Å². The Morgan fingerprint density at radius 3 is 2.76 bits per heavy atom. The van der Waals surface area contributed by atoms with Gasteiger partial charge in [-0.3, -0.25) is 0 Å². The molecule has 118 valence electrons. The molecule has 1 atom stereocenters. The Balaban J connectivity index is 1.92. The van der Waals surface area contributed by atoms with Crippen LogP contribution in [-0.2, 0) is 9.84 Å². The molecule has 1 aliphatic heterocycles. The average Bonchev–Trinajstić information content (AvgIpc) is 2.84. The highest BCUT2D eigenvalue weighted by atomic mass is 35.5. The number of benzene rings is 1. The van der Waals surface area contributed by atoms with E-state index in [9.17, 15) is 8.42 Å². The predicted molar refractivity (Wildman–Crippen MR) is 89.0 cm³/mol. The van der Waals surface area contributed by atoms with Crippen LogP contribution in [0.4, 0.5) is 5.69 Å². The normalized spacial score (nSPS) is 20.0. The lowest BCUT2D eigenvalue weighted by Crippen LogP contribution is -2.46. The summed E-state index contributed by atoms with van der Waals surface area (Å²) in [5, 5.41) is 4.13. The fourth-order valence-electron chi connectivity index (χ4n) is 2.36. The Kier molecular flexibility index (Phi) is 4.85. The minimum atomic E-state index is -3.06. The van der Waals surface area contributed by atoms with Crippen molar-refractivity contribution < 1.29 is 8.42 Å². The molecule has 1 aromatic rings. The van der Waals surface area contributed by atoms with Crippen molar-refractivity contribution in [2.75, 3.05) is 30.8 Å². The molecule has 1 aliphatic rings. The van der Waals surface area contributed by atoms with Crippen molar-refractivity contribution >= 4 is 27.1 Å². The Hall–Kier alpha value is -0.780. The summed E-state index contributed by atoms with van der Waals surface area (Å²) < 4.78 is 22.7. The van der Waals surface area contributed by atoms with Gasteiger partial charge >= 0.3 is 0 Å². The van der Waals surface area contributed by atoms with Gasteiger partial charge in [0.1, 0.15) is 0 Å². The molecule has 0 unspecified atom stereocenters. The van der Waals surface area contributed by atoms with Gasteiger partial charge in [0.25, 0.3) is 0 Å². The maximum atomic E-state index is 11.7. The largest absolute Gasteiger partial charge is 0.370 e. The van der Waals surface area contributed by atoms with E-state index >= 15 is 0 Å². The first-order chi connectivity index (χ1) is 9.69. The van der Waals surface area contributed by atoms with Crippen LogP contribution in [-0.4, -0.2) is 45.1 Å². The van der Waals surface area contributed by atoms with Gasteiger partial charge in [-0.1, -0.05) is 17.7 Å². The van der Waals surface area contributed by atoms with Crippen molar-refractivity contribution in [1.82, 2.24) is 5.32 Å². The fourth-order valence-corrected chi connectivity index (χ4v) is 2.89. The molecule has 0 radical (unpaired) electrons. The summed E-state index contributed by atoms with van der Waals surface area (Å²) in [6.45, 7) is 5.83. The molecule has 0 amide bonds. The fraction of sp³-hybridized carbons (Fsp3) is 0.600. The molecule has 1 fully saturated rings. The molecular formula is C15H23ClN2O2S. The van der Waals surface area contributed by atoms with E-state index < -0.39 is 14.6 Å². The molecule has 0 aromatic heterocycles. The summed E-state index contributed by atoms with van der Waals surface area (Å²) in [7, 11) is -3.06. The molecule has 0 bridgehead atoms. The molecule has 0 saturated carbocycles. The summed E-state index contributed by atoms with van der Waals surface area (Å²) in [5.74, 6) is 0. The summed E-state index contributed by atoms with van der Waals surface area (Å²) in [6.07, 6.45) is 2.30. The third-order valence-corrected chi connectivity index (χ3v) is 6.57. The van der Waals surface area contributed by atoms with Crippen LogP contribution in [0.2, 0.25) is 5.02 Å². The smallest absolute Gasteiger partial charge is 0.153 e. The van der Waals surface area contributed by atoms with Crippen LogP contribution in [0.5, 0.6) is 0 Å². The predicted octanol–water partition coefficient (Wildman–Crippen LogP) is 2.33. The topological polar surface area (TPSA) is 49.4 Å². The van der Waals surface area contributed by atoms with Crippen molar-refractivity contribution in [1.29, 1.82) is 0 Å². The van der Waals surface area contributed by atoms with Crippen LogP contribution >= 0.6 is 11.6 Å². The zero-order valence-corrected chi connectivity index (χ0v) is 14.3. The monoisotopic (exact) mass is 330 g/mol. The zero-order chi connectivity index (χ0) is 15.7. The number of nitrogens with one attached hydrogen (secondary N) is 1. The first-order valence-corrected chi connectivity index (χ1v) is 9.39. The second-order valence-electron chi connectivity index (χ2n) is 6.32. The number of sulfone groups is 1. The number of hydrogen-bond acceptors (Lipinski definition) is 4. The quantitative estimate of drug-likeness (QED) is 0.900. The third kappa shape index (κ3) is 4.11. The Morgan fingerprint density at radius 2 is 2.14 bits per heavy atom. The summed E-state index contributed by atoms with van der Waals surface area (Å²) >= 11 is 6.02. The molecule has 21 heavy (non-hydrogen) atoms. The van der Waals surface area contributed by atoms with E-state index in [4.69, 9.17) is 11.6 Å². The number of halogens is 1. The number of rotatable bonds is 5. The molecule has 6 heteroatoms. The van der Waals surface area contributed by atoms with Crippen molar-refractivity contribution in [3.05, 3.63) is 29.3 Å². The van der Waals surface area contributed by atoms with Crippen LogP contribution < -0.4 is 10.2 Å². The van der Waals surface area contributed by atoms with Gasteiger partial charge in [0.05, 0.1) is 4.75 Å². The van der Waals surface area contributed by atoms with Gasteiger partial charge in [-0.25, -0.2) is 8.42 Å². The number of anilines is 1. The molecule has 1 aromatic carbocycles. The second kappa shape index (κ2) is 6.15. The van der Waals surface area contributed by atoms with Crippen LogP contribution in [0.25, 0.3) is 0 Å². The minimum absolute atomic E-state index is 0.310. The highest BCUT2D eigenvalue weighted by molar-refractivity contribution is 7.92. The van der Waals surface area contributed by atoms with E-state index in [1.54, 1.807) is 13.8 Å². The third-order valence-electron chi connectivity index (χ3n) is 4.18. The molecule has 4 nitrogen and oxygen atoms in total. The highest BCUT2D eigenvalue weighted by Crippen LogP contribution is 2.24. The van der Waals surface area contributed by atoms with Crippen molar-refractivity contribution in [2.24, 2.45) is 0 Å². The highest BCUT2D eigenvalue weighted by Gasteiger charge is 2.32. The van der Waals surface area contributed by atoms with E-state index in [0.717, 1.165) is 30.2 Å². The van der Waals surface area contributed by atoms with Crippen molar-refractivity contribution in [3.63, 3.8) is 0 Å². The first-order valence-electron chi connectivity index (χ1n) is 7.12. The van der Waals surface area contributed by atoms with E-state index in [0.29, 0.717) is 12.6 Å². The van der Waals surface area contributed by atoms with Crippen LogP contribution in [0.1, 0.15) is 20.3 Å². The minimum Gasteiger partial charge on any atom is -0.370 e. The van der Waals surface area contributed by atoms with Crippen molar-refractivity contribution in [3.8, 4) is 0 Å². The molecular weight excluding hydrogens is 308 g/mol. The Labute approximate surface area is 132 Å². The van der Waals surface area contributed by atoms with Crippen LogP contribution in [0.15, 0.2) is 24.3 Å². The van der Waals surface area contributed by atoms with Gasteiger partial charge < -0.3 is 10.2 Å². The maximum Gasteiger partial charge on any atom is 0.153 e. The van der Waals surface area contributed by atoms with E-state index in [1.165, 1.54) is 6.26 Å². The van der Waals surface area contributed by atoms with Gasteiger partial charge in [-0.05, 0) is 38.5 Å². The Bertz CT molecular complexity index is 601. The molecule has 0 aliphatic carbocycles. The number of nitrogens with zero attached hydrogens (tertiary/aromatic N) is 1. The van der Waals surface area contributed by atoms with Gasteiger partial charge in [0.2, 0.25) is 0 Å². The van der Waals surface area contributed by atoms with E-state index in [2.05, 4.69) is 16.3 Å². The van der Waals surface area contributed by atoms with E-state index in [-0.39, 0.29) is 0 Å². The molecule has 1 saturated heterocycles. The zero-order valence-electron chi connectivity index (χ0n) is 12.8. The number of hydrogen-bond donors (Lipinski definition) is 1. The molecule has 1 N–H and O–H groups in total. The first kappa shape index (κ1) is 16.6. The Morgan fingerprint density at radius 1 is 1.43 bits per heavy atom. The summed E-state index contributed by atoms with van der Waals surface area (Å²) in [4.78, 5) is 2.27. The van der Waals surface area contributed by atoms with E-state index in [1.807, 2.05) is 18.2 Å². The van der Waals surface area contributed by atoms with Gasteiger partial charge in [0.15, 0.2) is 9.84 Å². The van der Waals surface area contributed by atoms with Crippen molar-refractivity contribution in [2.45, 2.75) is 31.1 Å². The van der Waals surface area contributed by atoms with Gasteiger partial charge in [-0.2, -0.15) is 0 Å². The summed E-state index contributed by atoms with van der Waals surface area (Å²) in [6, 6.07) is 8.14. The molecule has 1 heterocycles. The standard InChI is InChI=1S/C15H23ClN2O2S/c1-15(2,21(3,19)20)11-17-13-7-8-18(10-13)14-6-4-5-12(16)9-14/h4-6,9,13,17H,7-8,10-11H2,1-3H3/t13-/m1/s1. The lowest BCUT2D eigenvalue weighted by Gasteiger charge is -2.25.